The predicted molar refractivity (Wildman–Crippen MR) is 82.3 cm³/mol. The minimum Gasteiger partial charge on any atom is -0.363 e. The number of anilines is 2. The van der Waals surface area contributed by atoms with Crippen molar-refractivity contribution >= 4 is 28.7 Å². The van der Waals surface area contributed by atoms with E-state index in [1.807, 2.05) is 17.5 Å². The van der Waals surface area contributed by atoms with Gasteiger partial charge in [0.2, 0.25) is 11.6 Å². The minimum absolute atomic E-state index is 0.0218. The van der Waals surface area contributed by atoms with E-state index in [9.17, 15) is 10.1 Å². The van der Waals surface area contributed by atoms with Crippen molar-refractivity contribution in [3.8, 4) is 0 Å². The van der Waals surface area contributed by atoms with Crippen molar-refractivity contribution in [2.75, 3.05) is 17.3 Å². The fraction of sp³-hybridized carbons (Fsp3) is 0.333. The van der Waals surface area contributed by atoms with Gasteiger partial charge in [-0.15, -0.1) is 11.3 Å². The summed E-state index contributed by atoms with van der Waals surface area (Å²) >= 11 is 1.64. The minimum atomic E-state index is -0.560. The van der Waals surface area contributed by atoms with Crippen LogP contribution in [-0.4, -0.2) is 21.4 Å². The summed E-state index contributed by atoms with van der Waals surface area (Å²) < 4.78 is 0. The quantitative estimate of drug-likeness (QED) is 0.425. The van der Waals surface area contributed by atoms with Gasteiger partial charge < -0.3 is 10.7 Å². The van der Waals surface area contributed by atoms with E-state index in [0.717, 1.165) is 0 Å². The van der Waals surface area contributed by atoms with E-state index in [-0.39, 0.29) is 22.7 Å². The third-order valence-corrected chi connectivity index (χ3v) is 4.26. The number of nitro groups is 1. The Hall–Kier alpha value is -2.26. The van der Waals surface area contributed by atoms with Gasteiger partial charge in [-0.2, -0.15) is 0 Å². The Labute approximate surface area is 125 Å². The van der Waals surface area contributed by atoms with Crippen molar-refractivity contribution in [3.05, 3.63) is 38.8 Å². The molecular weight excluding hydrogens is 292 g/mol. The molecule has 112 valence electrons. The van der Waals surface area contributed by atoms with Gasteiger partial charge in [-0.05, 0) is 11.4 Å². The standard InChI is InChI=1S/C12H16N6O2S/c1-12(2,8-4-3-5-21-8)6-14-10-9(18(19)20)11(17-13)16-7-15-10/h3-5,7H,6,13H2,1-2H3,(H2,14,15,16,17). The summed E-state index contributed by atoms with van der Waals surface area (Å²) in [5.41, 5.74) is 1.77. The van der Waals surface area contributed by atoms with Crippen LogP contribution in [0, 0.1) is 10.1 Å². The molecule has 0 spiro atoms. The molecule has 0 amide bonds. The van der Waals surface area contributed by atoms with Crippen LogP contribution in [0.4, 0.5) is 17.3 Å². The monoisotopic (exact) mass is 308 g/mol. The third kappa shape index (κ3) is 3.26. The highest BCUT2D eigenvalue weighted by Crippen LogP contribution is 2.31. The van der Waals surface area contributed by atoms with Crippen LogP contribution in [0.5, 0.6) is 0 Å². The van der Waals surface area contributed by atoms with Crippen LogP contribution in [0.3, 0.4) is 0 Å². The zero-order valence-electron chi connectivity index (χ0n) is 11.7. The van der Waals surface area contributed by atoms with Crippen LogP contribution in [0.15, 0.2) is 23.8 Å². The number of hydrazine groups is 1. The lowest BCUT2D eigenvalue weighted by Crippen LogP contribution is -2.27. The smallest absolute Gasteiger partial charge is 0.354 e. The number of nitrogens with two attached hydrogens (primary N) is 1. The molecule has 0 aliphatic carbocycles. The first-order chi connectivity index (χ1) is 9.95. The van der Waals surface area contributed by atoms with Gasteiger partial charge in [0.15, 0.2) is 0 Å². The second-order valence-electron chi connectivity index (χ2n) is 5.04. The molecule has 0 unspecified atom stereocenters. The van der Waals surface area contributed by atoms with E-state index in [1.54, 1.807) is 11.3 Å². The molecule has 0 saturated carbocycles. The van der Waals surface area contributed by atoms with E-state index in [0.29, 0.717) is 6.54 Å². The summed E-state index contributed by atoms with van der Waals surface area (Å²) in [4.78, 5) is 19.5. The van der Waals surface area contributed by atoms with Crippen LogP contribution in [0.25, 0.3) is 0 Å². The molecule has 2 aromatic rings. The van der Waals surface area contributed by atoms with Crippen molar-refractivity contribution in [2.45, 2.75) is 19.3 Å². The Bertz CT molecular complexity index is 629. The lowest BCUT2D eigenvalue weighted by molar-refractivity contribution is -0.383. The molecule has 2 rings (SSSR count). The highest BCUT2D eigenvalue weighted by atomic mass is 32.1. The molecule has 0 radical (unpaired) electrons. The molecule has 21 heavy (non-hydrogen) atoms. The SMILES string of the molecule is CC(C)(CNc1ncnc(NN)c1[N+](=O)[O-])c1cccs1. The number of hydrogen-bond donors (Lipinski definition) is 3. The van der Waals surface area contributed by atoms with E-state index in [1.165, 1.54) is 11.2 Å². The first kappa shape index (κ1) is 15.1. The number of thiophene rings is 1. The summed E-state index contributed by atoms with van der Waals surface area (Å²) in [6.45, 7) is 4.61. The van der Waals surface area contributed by atoms with Gasteiger partial charge in [-0.1, -0.05) is 19.9 Å². The molecule has 0 aliphatic rings. The van der Waals surface area contributed by atoms with Crippen LogP contribution in [0.1, 0.15) is 18.7 Å². The number of hydrogen-bond acceptors (Lipinski definition) is 8. The van der Waals surface area contributed by atoms with E-state index in [2.05, 4.69) is 34.6 Å². The lowest BCUT2D eigenvalue weighted by Gasteiger charge is -2.23. The average Bonchev–Trinajstić information content (AvgIpc) is 2.99. The topological polar surface area (TPSA) is 119 Å². The van der Waals surface area contributed by atoms with Crippen molar-refractivity contribution < 1.29 is 4.92 Å². The highest BCUT2D eigenvalue weighted by Gasteiger charge is 2.26. The zero-order chi connectivity index (χ0) is 15.5. The second kappa shape index (κ2) is 6.02. The third-order valence-electron chi connectivity index (χ3n) is 3.03. The summed E-state index contributed by atoms with van der Waals surface area (Å²) in [7, 11) is 0. The van der Waals surface area contributed by atoms with Crippen LogP contribution >= 0.6 is 11.3 Å². The van der Waals surface area contributed by atoms with E-state index >= 15 is 0 Å². The summed E-state index contributed by atoms with van der Waals surface area (Å²) in [6, 6.07) is 4.01. The Morgan fingerprint density at radius 3 is 2.71 bits per heavy atom. The Balaban J connectivity index is 2.22. The lowest BCUT2D eigenvalue weighted by atomic mass is 9.91. The maximum atomic E-state index is 11.1. The Kier molecular flexibility index (Phi) is 4.34. The fourth-order valence-electron chi connectivity index (χ4n) is 1.84. The van der Waals surface area contributed by atoms with Gasteiger partial charge in [-0.3, -0.25) is 10.1 Å². The van der Waals surface area contributed by atoms with Gasteiger partial charge in [0.05, 0.1) is 4.92 Å². The largest absolute Gasteiger partial charge is 0.363 e. The van der Waals surface area contributed by atoms with Gasteiger partial charge >= 0.3 is 5.69 Å². The number of nitrogen functional groups attached to an aromatic ring is 1. The molecule has 0 atom stereocenters. The Morgan fingerprint density at radius 2 is 2.14 bits per heavy atom. The van der Waals surface area contributed by atoms with Gasteiger partial charge in [0.1, 0.15) is 6.33 Å². The van der Waals surface area contributed by atoms with Crippen LogP contribution < -0.4 is 16.6 Å². The molecule has 0 bridgehead atoms. The molecule has 0 saturated heterocycles. The number of rotatable bonds is 6. The average molecular weight is 308 g/mol. The molecule has 0 fully saturated rings. The molecule has 2 heterocycles. The zero-order valence-corrected chi connectivity index (χ0v) is 12.5. The molecule has 8 nitrogen and oxygen atoms in total. The first-order valence-corrected chi connectivity index (χ1v) is 7.07. The van der Waals surface area contributed by atoms with Crippen LogP contribution in [-0.2, 0) is 5.41 Å². The molecule has 0 aliphatic heterocycles. The van der Waals surface area contributed by atoms with Crippen molar-refractivity contribution in [2.24, 2.45) is 5.84 Å². The molecule has 9 heteroatoms. The van der Waals surface area contributed by atoms with Gasteiger partial charge in [0, 0.05) is 16.8 Å². The molecule has 4 N–H and O–H groups in total. The molecular formula is C12H16N6O2S. The number of nitrogens with zero attached hydrogens (tertiary/aromatic N) is 3. The molecule has 0 aromatic carbocycles. The summed E-state index contributed by atoms with van der Waals surface area (Å²) in [5.74, 6) is 5.37. The van der Waals surface area contributed by atoms with Crippen molar-refractivity contribution in [3.63, 3.8) is 0 Å². The number of aromatic nitrogens is 2. The maximum Gasteiger partial charge on any atom is 0.354 e. The predicted octanol–water partition coefficient (Wildman–Crippen LogP) is 2.12. The van der Waals surface area contributed by atoms with Gasteiger partial charge in [0.25, 0.3) is 0 Å². The summed E-state index contributed by atoms with van der Waals surface area (Å²) in [6.07, 6.45) is 1.22. The fourth-order valence-corrected chi connectivity index (χ4v) is 2.69. The van der Waals surface area contributed by atoms with E-state index in [4.69, 9.17) is 5.84 Å². The van der Waals surface area contributed by atoms with Gasteiger partial charge in [-0.25, -0.2) is 15.8 Å². The normalized spacial score (nSPS) is 11.2. The second-order valence-corrected chi connectivity index (χ2v) is 5.98. The number of nitrogens with one attached hydrogen (secondary N) is 2. The first-order valence-electron chi connectivity index (χ1n) is 6.19. The van der Waals surface area contributed by atoms with E-state index < -0.39 is 4.92 Å². The van der Waals surface area contributed by atoms with Crippen molar-refractivity contribution in [1.29, 1.82) is 0 Å². The Morgan fingerprint density at radius 1 is 1.43 bits per heavy atom. The maximum absolute atomic E-state index is 11.1. The van der Waals surface area contributed by atoms with Crippen LogP contribution in [0.2, 0.25) is 0 Å². The summed E-state index contributed by atoms with van der Waals surface area (Å²) in [5, 5.41) is 16.2. The highest BCUT2D eigenvalue weighted by molar-refractivity contribution is 7.10. The van der Waals surface area contributed by atoms with Crippen molar-refractivity contribution in [1.82, 2.24) is 9.97 Å². The molecule has 2 aromatic heterocycles.